The second kappa shape index (κ2) is 11.8. The minimum Gasteiger partial charge on any atom is -0.493 e. The van der Waals surface area contributed by atoms with Gasteiger partial charge in [-0.2, -0.15) is 5.26 Å². The third kappa shape index (κ3) is 5.78. The van der Waals surface area contributed by atoms with Gasteiger partial charge >= 0.3 is 5.97 Å². The van der Waals surface area contributed by atoms with Crippen LogP contribution < -0.4 is 24.7 Å². The number of allylic oxidation sites excluding steroid dienone is 1. The second-order valence-corrected chi connectivity index (χ2v) is 8.90. The number of hydrogen-bond acceptors (Lipinski definition) is 7. The average Bonchev–Trinajstić information content (AvgIpc) is 2.90. The fourth-order valence-corrected chi connectivity index (χ4v) is 4.39. The van der Waals surface area contributed by atoms with Gasteiger partial charge in [0.05, 0.1) is 13.0 Å². The molecule has 4 rings (SSSR count). The Labute approximate surface area is 229 Å². The van der Waals surface area contributed by atoms with Gasteiger partial charge in [-0.1, -0.05) is 54.1 Å². The fourth-order valence-electron chi connectivity index (χ4n) is 3.92. The number of nitriles is 1. The molecule has 0 amide bonds. The molecular weight excluding hydrogens is 527 g/mol. The van der Waals surface area contributed by atoms with Crippen molar-refractivity contribution in [3.63, 3.8) is 0 Å². The molecule has 0 fully saturated rings. The van der Waals surface area contributed by atoms with Crippen LogP contribution in [0, 0.1) is 11.3 Å². The van der Waals surface area contributed by atoms with E-state index >= 15 is 0 Å². The standard InChI is InChI=1S/C29H22Cl2N2O5/c1-3-12-36-24-10-5-18(13-26(24)35-2)28-21-9-8-20(15-25(21)38-29(33)22(28)16-32)37-27(34)11-6-17-4-7-19(30)14-23(17)31/h3-11,13-15,28H,1,12,33H2,2H3/b11-6+. The minimum absolute atomic E-state index is 0.0447. The molecule has 3 aromatic rings. The summed E-state index contributed by atoms with van der Waals surface area (Å²) in [5.41, 5.74) is 8.38. The zero-order valence-corrected chi connectivity index (χ0v) is 21.8. The first kappa shape index (κ1) is 26.7. The van der Waals surface area contributed by atoms with Crippen LogP contribution >= 0.6 is 23.2 Å². The van der Waals surface area contributed by atoms with E-state index in [1.807, 2.05) is 6.07 Å². The number of hydrogen-bond donors (Lipinski definition) is 1. The van der Waals surface area contributed by atoms with Crippen molar-refractivity contribution in [2.45, 2.75) is 5.92 Å². The van der Waals surface area contributed by atoms with Gasteiger partial charge in [-0.15, -0.1) is 0 Å². The Hall–Kier alpha value is -4.38. The van der Waals surface area contributed by atoms with Crippen LogP contribution in [-0.2, 0) is 4.79 Å². The third-order valence-corrected chi connectivity index (χ3v) is 6.21. The van der Waals surface area contributed by atoms with Crippen LogP contribution in [0.15, 0.2) is 84.8 Å². The third-order valence-electron chi connectivity index (χ3n) is 5.65. The molecule has 0 saturated carbocycles. The smallest absolute Gasteiger partial charge is 0.336 e. The minimum atomic E-state index is -0.621. The Bertz CT molecular complexity index is 1510. The normalized spacial score (nSPS) is 14.3. The van der Waals surface area contributed by atoms with E-state index < -0.39 is 11.9 Å². The molecule has 1 heterocycles. The van der Waals surface area contributed by atoms with Crippen molar-refractivity contribution in [1.29, 1.82) is 5.26 Å². The molecule has 0 aliphatic carbocycles. The van der Waals surface area contributed by atoms with Crippen molar-refractivity contribution in [2.75, 3.05) is 13.7 Å². The summed E-state index contributed by atoms with van der Waals surface area (Å²) < 4.78 is 22.3. The number of benzene rings is 3. The highest BCUT2D eigenvalue weighted by molar-refractivity contribution is 6.35. The number of esters is 1. The molecule has 0 saturated heterocycles. The van der Waals surface area contributed by atoms with Gasteiger partial charge in [0.15, 0.2) is 11.5 Å². The zero-order chi connectivity index (χ0) is 27.2. The van der Waals surface area contributed by atoms with E-state index in [4.69, 9.17) is 47.9 Å². The predicted molar refractivity (Wildman–Crippen MR) is 146 cm³/mol. The van der Waals surface area contributed by atoms with Crippen LogP contribution in [-0.4, -0.2) is 19.7 Å². The fraction of sp³-hybridized carbons (Fsp3) is 0.103. The van der Waals surface area contributed by atoms with Gasteiger partial charge < -0.3 is 24.7 Å². The number of fused-ring (bicyclic) bond motifs is 1. The number of halogens is 2. The van der Waals surface area contributed by atoms with Gasteiger partial charge in [0.25, 0.3) is 0 Å². The Morgan fingerprint density at radius 2 is 1.97 bits per heavy atom. The van der Waals surface area contributed by atoms with E-state index in [1.54, 1.807) is 54.6 Å². The first-order valence-corrected chi connectivity index (χ1v) is 12.1. The number of nitrogens with zero attached hydrogens (tertiary/aromatic N) is 1. The van der Waals surface area contributed by atoms with E-state index in [2.05, 4.69) is 12.6 Å². The van der Waals surface area contributed by atoms with Crippen LogP contribution in [0.4, 0.5) is 0 Å². The lowest BCUT2D eigenvalue weighted by molar-refractivity contribution is -0.128. The summed E-state index contributed by atoms with van der Waals surface area (Å²) in [5.74, 6) is 0.412. The molecular formula is C29H22Cl2N2O5. The van der Waals surface area contributed by atoms with Gasteiger partial charge in [0, 0.05) is 27.8 Å². The Kier molecular flexibility index (Phi) is 8.27. The summed E-state index contributed by atoms with van der Waals surface area (Å²) in [7, 11) is 1.53. The Morgan fingerprint density at radius 1 is 1.16 bits per heavy atom. The van der Waals surface area contributed by atoms with Gasteiger partial charge in [-0.25, -0.2) is 4.79 Å². The molecule has 38 heavy (non-hydrogen) atoms. The van der Waals surface area contributed by atoms with Crippen LogP contribution in [0.25, 0.3) is 6.08 Å². The monoisotopic (exact) mass is 548 g/mol. The quantitative estimate of drug-likeness (QED) is 0.150. The molecule has 1 unspecified atom stereocenters. The van der Waals surface area contributed by atoms with Crippen molar-refractivity contribution in [1.82, 2.24) is 0 Å². The van der Waals surface area contributed by atoms with Gasteiger partial charge in [-0.3, -0.25) is 0 Å². The molecule has 0 aromatic heterocycles. The molecule has 3 aromatic carbocycles. The SMILES string of the molecule is C=CCOc1ccc(C2C(C#N)=C(N)Oc3cc(OC(=O)/C=C/c4ccc(Cl)cc4Cl)ccc32)cc1OC. The topological polar surface area (TPSA) is 104 Å². The maximum atomic E-state index is 12.4. The number of carbonyl (C=O) groups is 1. The van der Waals surface area contributed by atoms with Crippen LogP contribution in [0.3, 0.4) is 0 Å². The highest BCUT2D eigenvalue weighted by Crippen LogP contribution is 2.45. The second-order valence-electron chi connectivity index (χ2n) is 8.05. The Morgan fingerprint density at radius 3 is 2.68 bits per heavy atom. The molecule has 2 N–H and O–H groups in total. The maximum Gasteiger partial charge on any atom is 0.336 e. The molecule has 7 nitrogen and oxygen atoms in total. The van der Waals surface area contributed by atoms with E-state index in [1.165, 1.54) is 19.3 Å². The van der Waals surface area contributed by atoms with Crippen molar-refractivity contribution < 1.29 is 23.7 Å². The lowest BCUT2D eigenvalue weighted by Gasteiger charge is -2.27. The number of carbonyl (C=O) groups excluding carboxylic acids is 1. The largest absolute Gasteiger partial charge is 0.493 e. The van der Waals surface area contributed by atoms with E-state index in [0.29, 0.717) is 45.0 Å². The van der Waals surface area contributed by atoms with Crippen LogP contribution in [0.5, 0.6) is 23.0 Å². The van der Waals surface area contributed by atoms with Crippen LogP contribution in [0.1, 0.15) is 22.6 Å². The van der Waals surface area contributed by atoms with Crippen molar-refractivity contribution in [3.8, 4) is 29.1 Å². The van der Waals surface area contributed by atoms with Crippen molar-refractivity contribution in [2.24, 2.45) is 5.73 Å². The lowest BCUT2D eigenvalue weighted by Crippen LogP contribution is -2.21. The van der Waals surface area contributed by atoms with E-state index in [9.17, 15) is 10.1 Å². The molecule has 0 bridgehead atoms. The van der Waals surface area contributed by atoms with Gasteiger partial charge in [0.2, 0.25) is 5.88 Å². The first-order valence-electron chi connectivity index (χ1n) is 11.3. The molecule has 192 valence electrons. The maximum absolute atomic E-state index is 12.4. The molecule has 0 spiro atoms. The van der Waals surface area contributed by atoms with Gasteiger partial charge in [-0.05, 0) is 47.5 Å². The lowest BCUT2D eigenvalue weighted by atomic mass is 9.83. The number of ether oxygens (including phenoxy) is 4. The molecule has 1 atom stereocenters. The summed E-state index contributed by atoms with van der Waals surface area (Å²) >= 11 is 12.0. The summed E-state index contributed by atoms with van der Waals surface area (Å²) in [6.45, 7) is 3.97. The van der Waals surface area contributed by atoms with Gasteiger partial charge in [0.1, 0.15) is 29.7 Å². The summed E-state index contributed by atoms with van der Waals surface area (Å²) in [6.07, 6.45) is 4.41. The number of nitrogens with two attached hydrogens (primary N) is 1. The molecule has 0 radical (unpaired) electrons. The number of rotatable bonds is 8. The van der Waals surface area contributed by atoms with E-state index in [0.717, 1.165) is 5.56 Å². The summed E-state index contributed by atoms with van der Waals surface area (Å²) in [5, 5.41) is 10.7. The Balaban J connectivity index is 1.62. The molecule has 1 aliphatic heterocycles. The summed E-state index contributed by atoms with van der Waals surface area (Å²) in [4.78, 5) is 12.4. The van der Waals surface area contributed by atoms with Crippen molar-refractivity contribution in [3.05, 3.63) is 112 Å². The van der Waals surface area contributed by atoms with E-state index in [-0.39, 0.29) is 17.2 Å². The van der Waals surface area contributed by atoms with Crippen molar-refractivity contribution >= 4 is 35.2 Å². The molecule has 1 aliphatic rings. The summed E-state index contributed by atoms with van der Waals surface area (Å²) in [6, 6.07) is 17.3. The van der Waals surface area contributed by atoms with Crippen LogP contribution in [0.2, 0.25) is 10.0 Å². The highest BCUT2D eigenvalue weighted by atomic mass is 35.5. The average molecular weight is 549 g/mol. The zero-order valence-electron chi connectivity index (χ0n) is 20.2. The highest BCUT2D eigenvalue weighted by Gasteiger charge is 2.31. The predicted octanol–water partition coefficient (Wildman–Crippen LogP) is 6.40. The number of methoxy groups -OCH3 is 1. The molecule has 9 heteroatoms. The first-order chi connectivity index (χ1) is 18.3.